The van der Waals surface area contributed by atoms with Crippen molar-refractivity contribution in [3.8, 4) is 6.07 Å². The molecule has 1 aromatic carbocycles. The first-order chi connectivity index (χ1) is 10.2. The number of halogens is 1. The lowest BCUT2D eigenvalue weighted by atomic mass is 10.1. The maximum Gasteiger partial charge on any atom is 0.130 e. The van der Waals surface area contributed by atoms with Crippen LogP contribution in [0.3, 0.4) is 0 Å². The molecule has 0 fully saturated rings. The third-order valence-electron chi connectivity index (χ3n) is 3.11. The van der Waals surface area contributed by atoms with Crippen molar-refractivity contribution in [2.24, 2.45) is 0 Å². The molecular formula is C16H16BrN3O. The zero-order valence-corrected chi connectivity index (χ0v) is 13.1. The van der Waals surface area contributed by atoms with Crippen LogP contribution in [-0.2, 0) is 19.4 Å². The normalized spacial score (nSPS) is 10.1. The number of hydrogen-bond donors (Lipinski definition) is 2. The van der Waals surface area contributed by atoms with Crippen molar-refractivity contribution in [3.63, 3.8) is 0 Å². The monoisotopic (exact) mass is 345 g/mol. The first-order valence-electron chi connectivity index (χ1n) is 6.67. The predicted octanol–water partition coefficient (Wildman–Crippen LogP) is 3.06. The van der Waals surface area contributed by atoms with E-state index < -0.39 is 0 Å². The van der Waals surface area contributed by atoms with Crippen molar-refractivity contribution < 1.29 is 5.11 Å². The molecule has 0 saturated carbocycles. The van der Waals surface area contributed by atoms with Crippen molar-refractivity contribution >= 4 is 21.7 Å². The Morgan fingerprint density at radius 1 is 1.24 bits per heavy atom. The highest BCUT2D eigenvalue weighted by Crippen LogP contribution is 2.18. The van der Waals surface area contributed by atoms with Gasteiger partial charge in [0, 0.05) is 22.8 Å². The van der Waals surface area contributed by atoms with Crippen molar-refractivity contribution in [2.75, 3.05) is 11.9 Å². The van der Waals surface area contributed by atoms with Gasteiger partial charge >= 0.3 is 0 Å². The minimum absolute atomic E-state index is 0.0683. The molecule has 2 N–H and O–H groups in total. The molecular weight excluding hydrogens is 330 g/mol. The van der Waals surface area contributed by atoms with Crippen LogP contribution >= 0.6 is 15.9 Å². The number of hydrogen-bond acceptors (Lipinski definition) is 4. The standard InChI is InChI=1S/C16H16BrN3O/c17-15-9-14(5-7-18)16(20-10-15)19-8-6-12-1-3-13(11-21)4-2-12/h1-4,9-10,21H,5-6,8,11H2,(H,19,20). The molecule has 1 aromatic heterocycles. The number of nitriles is 1. The summed E-state index contributed by atoms with van der Waals surface area (Å²) in [4.78, 5) is 4.31. The summed E-state index contributed by atoms with van der Waals surface area (Å²) >= 11 is 3.36. The molecule has 0 spiro atoms. The summed E-state index contributed by atoms with van der Waals surface area (Å²) in [6.45, 7) is 0.810. The van der Waals surface area contributed by atoms with Gasteiger partial charge < -0.3 is 10.4 Å². The van der Waals surface area contributed by atoms with E-state index in [0.717, 1.165) is 34.4 Å². The van der Waals surface area contributed by atoms with E-state index in [2.05, 4.69) is 32.3 Å². The van der Waals surface area contributed by atoms with E-state index in [0.29, 0.717) is 6.42 Å². The molecule has 0 saturated heterocycles. The Morgan fingerprint density at radius 2 is 1.95 bits per heavy atom. The summed E-state index contributed by atoms with van der Waals surface area (Å²) in [5.41, 5.74) is 3.00. The number of pyridine rings is 1. The largest absolute Gasteiger partial charge is 0.392 e. The fourth-order valence-electron chi connectivity index (χ4n) is 2.00. The smallest absolute Gasteiger partial charge is 0.130 e. The van der Waals surface area contributed by atoms with Crippen LogP contribution in [0.15, 0.2) is 41.0 Å². The summed E-state index contributed by atoms with van der Waals surface area (Å²) in [6.07, 6.45) is 2.91. The van der Waals surface area contributed by atoms with Gasteiger partial charge in [0.05, 0.1) is 19.1 Å². The first kappa shape index (κ1) is 15.5. The average Bonchev–Trinajstić information content (AvgIpc) is 2.50. The summed E-state index contributed by atoms with van der Waals surface area (Å²) in [6, 6.07) is 11.9. The Kier molecular flexibility index (Phi) is 5.73. The minimum Gasteiger partial charge on any atom is -0.392 e. The molecule has 0 unspecified atom stereocenters. The van der Waals surface area contributed by atoms with Crippen molar-refractivity contribution in [1.29, 1.82) is 5.26 Å². The molecule has 0 radical (unpaired) electrons. The Bertz CT molecular complexity index is 635. The maximum absolute atomic E-state index is 9.01. The van der Waals surface area contributed by atoms with Crippen LogP contribution in [0.4, 0.5) is 5.82 Å². The van der Waals surface area contributed by atoms with Gasteiger partial charge in [-0.2, -0.15) is 5.26 Å². The lowest BCUT2D eigenvalue weighted by molar-refractivity contribution is 0.282. The lowest BCUT2D eigenvalue weighted by Gasteiger charge is -2.10. The van der Waals surface area contributed by atoms with E-state index in [9.17, 15) is 0 Å². The van der Waals surface area contributed by atoms with Gasteiger partial charge in [0.15, 0.2) is 0 Å². The zero-order chi connectivity index (χ0) is 15.1. The average molecular weight is 346 g/mol. The second-order valence-corrected chi connectivity index (χ2v) is 5.56. The van der Waals surface area contributed by atoms with E-state index in [-0.39, 0.29) is 6.61 Å². The molecule has 108 valence electrons. The van der Waals surface area contributed by atoms with Crippen LogP contribution in [0.1, 0.15) is 16.7 Å². The van der Waals surface area contributed by atoms with Gasteiger partial charge in [-0.05, 0) is 39.5 Å². The number of aliphatic hydroxyl groups excluding tert-OH is 1. The molecule has 5 heteroatoms. The van der Waals surface area contributed by atoms with Gasteiger partial charge in [-0.1, -0.05) is 24.3 Å². The molecule has 4 nitrogen and oxygen atoms in total. The van der Waals surface area contributed by atoms with Crippen molar-refractivity contribution in [3.05, 3.63) is 57.7 Å². The van der Waals surface area contributed by atoms with E-state index in [4.69, 9.17) is 10.4 Å². The van der Waals surface area contributed by atoms with Crippen LogP contribution in [0.2, 0.25) is 0 Å². The quantitative estimate of drug-likeness (QED) is 0.844. The number of nitrogens with zero attached hydrogens (tertiary/aromatic N) is 2. The highest BCUT2D eigenvalue weighted by Gasteiger charge is 2.04. The summed E-state index contributed by atoms with van der Waals surface area (Å²) < 4.78 is 0.873. The maximum atomic E-state index is 9.01. The summed E-state index contributed by atoms with van der Waals surface area (Å²) in [5.74, 6) is 0.756. The fourth-order valence-corrected chi connectivity index (χ4v) is 2.38. The SMILES string of the molecule is N#CCc1cc(Br)cnc1NCCc1ccc(CO)cc1. The number of nitrogens with one attached hydrogen (secondary N) is 1. The molecule has 0 aliphatic rings. The fraction of sp³-hybridized carbons (Fsp3) is 0.250. The van der Waals surface area contributed by atoms with E-state index in [1.54, 1.807) is 6.20 Å². The second kappa shape index (κ2) is 7.77. The molecule has 21 heavy (non-hydrogen) atoms. The van der Waals surface area contributed by atoms with Crippen LogP contribution < -0.4 is 5.32 Å². The van der Waals surface area contributed by atoms with Gasteiger partial charge in [-0.3, -0.25) is 0 Å². The number of aliphatic hydroxyl groups is 1. The van der Waals surface area contributed by atoms with Gasteiger partial charge in [0.1, 0.15) is 5.82 Å². The number of rotatable bonds is 6. The highest BCUT2D eigenvalue weighted by molar-refractivity contribution is 9.10. The Morgan fingerprint density at radius 3 is 2.62 bits per heavy atom. The van der Waals surface area contributed by atoms with Gasteiger partial charge in [0.2, 0.25) is 0 Å². The van der Waals surface area contributed by atoms with E-state index in [1.807, 2.05) is 30.3 Å². The molecule has 0 amide bonds. The minimum atomic E-state index is 0.0683. The molecule has 0 atom stereocenters. The number of anilines is 1. The van der Waals surface area contributed by atoms with Crippen LogP contribution in [0, 0.1) is 11.3 Å². The third-order valence-corrected chi connectivity index (χ3v) is 3.55. The predicted molar refractivity (Wildman–Crippen MR) is 85.8 cm³/mol. The van der Waals surface area contributed by atoms with Gasteiger partial charge in [0.25, 0.3) is 0 Å². The van der Waals surface area contributed by atoms with Gasteiger partial charge in [-0.15, -0.1) is 0 Å². The van der Waals surface area contributed by atoms with Crippen molar-refractivity contribution in [1.82, 2.24) is 4.98 Å². The van der Waals surface area contributed by atoms with E-state index in [1.165, 1.54) is 5.56 Å². The third kappa shape index (κ3) is 4.55. The first-order valence-corrected chi connectivity index (χ1v) is 7.46. The van der Waals surface area contributed by atoms with Crippen molar-refractivity contribution in [2.45, 2.75) is 19.4 Å². The topological polar surface area (TPSA) is 68.9 Å². The Labute approximate surface area is 132 Å². The summed E-state index contributed by atoms with van der Waals surface area (Å²) in [7, 11) is 0. The van der Waals surface area contributed by atoms with Crippen LogP contribution in [0.25, 0.3) is 0 Å². The lowest BCUT2D eigenvalue weighted by Crippen LogP contribution is -2.08. The molecule has 0 aliphatic heterocycles. The highest BCUT2D eigenvalue weighted by atomic mass is 79.9. The van der Waals surface area contributed by atoms with Crippen LogP contribution in [-0.4, -0.2) is 16.6 Å². The Hall–Kier alpha value is -1.90. The molecule has 0 bridgehead atoms. The molecule has 2 rings (SSSR count). The summed E-state index contributed by atoms with van der Waals surface area (Å²) in [5, 5.41) is 21.1. The molecule has 2 aromatic rings. The van der Waals surface area contributed by atoms with E-state index >= 15 is 0 Å². The number of aromatic nitrogens is 1. The number of benzene rings is 1. The zero-order valence-electron chi connectivity index (χ0n) is 11.5. The van der Waals surface area contributed by atoms with Crippen LogP contribution in [0.5, 0.6) is 0 Å². The molecule has 0 aliphatic carbocycles. The Balaban J connectivity index is 1.95. The van der Waals surface area contributed by atoms with Gasteiger partial charge in [-0.25, -0.2) is 4.98 Å². The molecule has 1 heterocycles. The second-order valence-electron chi connectivity index (χ2n) is 4.65.